The van der Waals surface area contributed by atoms with Gasteiger partial charge in [-0.3, -0.25) is 4.79 Å². The summed E-state index contributed by atoms with van der Waals surface area (Å²) in [7, 11) is 0. The van der Waals surface area contributed by atoms with Crippen LogP contribution >= 0.6 is 0 Å². The molecule has 0 aliphatic heterocycles. The number of carbonyl (C=O) groups is 1. The quantitative estimate of drug-likeness (QED) is 0.635. The lowest BCUT2D eigenvalue weighted by Gasteiger charge is -2.32. The number of aliphatic hydroxyl groups is 1. The van der Waals surface area contributed by atoms with Gasteiger partial charge < -0.3 is 9.84 Å². The molecule has 0 aromatic heterocycles. The van der Waals surface area contributed by atoms with Gasteiger partial charge in [0.2, 0.25) is 0 Å². The molecule has 110 valence electrons. The average Bonchev–Trinajstić information content (AvgIpc) is 2.43. The minimum absolute atomic E-state index is 0.0526. The summed E-state index contributed by atoms with van der Waals surface area (Å²) in [6.45, 7) is 7.34. The molecule has 3 nitrogen and oxygen atoms in total. The minimum Gasteiger partial charge on any atom is -0.462 e. The molecule has 0 bridgehead atoms. The van der Waals surface area contributed by atoms with E-state index in [-0.39, 0.29) is 12.1 Å². The van der Waals surface area contributed by atoms with Crippen LogP contribution < -0.4 is 0 Å². The van der Waals surface area contributed by atoms with Gasteiger partial charge in [0.1, 0.15) is 17.1 Å². The monoisotopic (exact) mass is 276 g/mol. The predicted octanol–water partition coefficient (Wildman–Crippen LogP) is 3.30. The van der Waals surface area contributed by atoms with Gasteiger partial charge in [0, 0.05) is 0 Å². The van der Waals surface area contributed by atoms with Gasteiger partial charge in [0.05, 0.1) is 0 Å². The number of hydrogen-bond donors (Lipinski definition) is 1. The van der Waals surface area contributed by atoms with Crippen molar-refractivity contribution in [2.24, 2.45) is 5.41 Å². The molecule has 0 saturated heterocycles. The second-order valence-corrected chi connectivity index (χ2v) is 6.22. The van der Waals surface area contributed by atoms with Crippen LogP contribution in [0.3, 0.4) is 0 Å². The molecule has 0 atom stereocenters. The third-order valence-corrected chi connectivity index (χ3v) is 4.32. The highest BCUT2D eigenvalue weighted by molar-refractivity contribution is 5.82. The van der Waals surface area contributed by atoms with E-state index in [2.05, 4.69) is 6.58 Å². The van der Waals surface area contributed by atoms with E-state index < -0.39 is 11.0 Å². The zero-order chi connectivity index (χ0) is 14.8. The molecule has 2 aliphatic rings. The lowest BCUT2D eigenvalue weighted by Crippen LogP contribution is -2.36. The maximum absolute atomic E-state index is 12.3. The fraction of sp³-hybridized carbons (Fsp3) is 0.588. The van der Waals surface area contributed by atoms with Gasteiger partial charge in [0.25, 0.3) is 0 Å². The van der Waals surface area contributed by atoms with Crippen molar-refractivity contribution < 1.29 is 14.6 Å². The molecule has 0 heterocycles. The Morgan fingerprint density at radius 1 is 1.20 bits per heavy atom. The van der Waals surface area contributed by atoms with E-state index in [9.17, 15) is 9.90 Å². The van der Waals surface area contributed by atoms with Crippen molar-refractivity contribution in [2.75, 3.05) is 0 Å². The number of ether oxygens (including phenoxy) is 1. The van der Waals surface area contributed by atoms with Crippen LogP contribution in [0.2, 0.25) is 0 Å². The zero-order valence-corrected chi connectivity index (χ0v) is 12.4. The third kappa shape index (κ3) is 3.04. The molecule has 3 heteroatoms. The Bertz CT molecular complexity index is 439. The van der Waals surface area contributed by atoms with Crippen molar-refractivity contribution in [2.45, 2.75) is 57.7 Å². The summed E-state index contributed by atoms with van der Waals surface area (Å²) in [5.41, 5.74) is -1.31. The molecule has 20 heavy (non-hydrogen) atoms. The summed E-state index contributed by atoms with van der Waals surface area (Å²) < 4.78 is 5.62. The van der Waals surface area contributed by atoms with Crippen molar-refractivity contribution in [1.82, 2.24) is 0 Å². The standard InChI is InChI=1S/C17H24O3/c1-13(2)17(19)11-9-16(3,10-12-17)15(18)20-14-7-5-4-6-8-14/h9-12,14,19H,1,4-8H2,2-3H3. The molecule has 1 N–H and O–H groups in total. The van der Waals surface area contributed by atoms with E-state index in [0.29, 0.717) is 5.57 Å². The first-order valence-corrected chi connectivity index (χ1v) is 7.36. The van der Waals surface area contributed by atoms with Gasteiger partial charge in [-0.25, -0.2) is 0 Å². The molecule has 2 aliphatic carbocycles. The van der Waals surface area contributed by atoms with Crippen molar-refractivity contribution in [3.63, 3.8) is 0 Å². The highest BCUT2D eigenvalue weighted by atomic mass is 16.5. The normalized spacial score (nSPS) is 34.0. The molecule has 1 fully saturated rings. The lowest BCUT2D eigenvalue weighted by molar-refractivity contribution is -0.156. The van der Waals surface area contributed by atoms with Crippen LogP contribution in [0.1, 0.15) is 46.0 Å². The minimum atomic E-state index is -1.15. The van der Waals surface area contributed by atoms with Crippen molar-refractivity contribution in [1.29, 1.82) is 0 Å². The van der Waals surface area contributed by atoms with Gasteiger partial charge in [-0.15, -0.1) is 0 Å². The molecular weight excluding hydrogens is 252 g/mol. The zero-order valence-electron chi connectivity index (χ0n) is 12.4. The first-order chi connectivity index (χ1) is 9.36. The Balaban J connectivity index is 2.03. The molecule has 0 spiro atoms. The summed E-state index contributed by atoms with van der Waals surface area (Å²) in [4.78, 5) is 12.3. The Hall–Kier alpha value is -1.35. The lowest BCUT2D eigenvalue weighted by atomic mass is 9.79. The molecule has 2 rings (SSSR count). The summed E-state index contributed by atoms with van der Waals surface area (Å²) in [5, 5.41) is 10.3. The number of carbonyl (C=O) groups excluding carboxylic acids is 1. The first-order valence-electron chi connectivity index (χ1n) is 7.36. The molecule has 0 aromatic carbocycles. The molecule has 0 unspecified atom stereocenters. The number of hydrogen-bond acceptors (Lipinski definition) is 3. The second kappa shape index (κ2) is 5.57. The van der Waals surface area contributed by atoms with Gasteiger partial charge in [-0.2, -0.15) is 0 Å². The maximum Gasteiger partial charge on any atom is 0.319 e. The number of esters is 1. The van der Waals surface area contributed by atoms with E-state index in [4.69, 9.17) is 4.74 Å². The molecule has 0 radical (unpaired) electrons. The molecule has 1 saturated carbocycles. The Morgan fingerprint density at radius 3 is 2.25 bits per heavy atom. The average molecular weight is 276 g/mol. The van der Waals surface area contributed by atoms with Gasteiger partial charge in [0.15, 0.2) is 0 Å². The van der Waals surface area contributed by atoms with Crippen molar-refractivity contribution in [3.8, 4) is 0 Å². The summed E-state index contributed by atoms with van der Waals surface area (Å²) in [6, 6.07) is 0. The largest absolute Gasteiger partial charge is 0.462 e. The van der Waals surface area contributed by atoms with Crippen LogP contribution in [0.15, 0.2) is 36.5 Å². The summed E-state index contributed by atoms with van der Waals surface area (Å²) in [5.74, 6) is -0.235. The maximum atomic E-state index is 12.3. The highest BCUT2D eigenvalue weighted by Crippen LogP contribution is 2.34. The molecule has 0 amide bonds. The van der Waals surface area contributed by atoms with Gasteiger partial charge in [-0.05, 0) is 57.3 Å². The van der Waals surface area contributed by atoms with Crippen LogP contribution in [-0.4, -0.2) is 22.8 Å². The first kappa shape index (κ1) is 15.0. The Morgan fingerprint density at radius 2 is 1.75 bits per heavy atom. The van der Waals surface area contributed by atoms with Crippen LogP contribution in [-0.2, 0) is 9.53 Å². The van der Waals surface area contributed by atoms with Crippen LogP contribution in [0.25, 0.3) is 0 Å². The smallest absolute Gasteiger partial charge is 0.319 e. The summed E-state index contributed by atoms with van der Waals surface area (Å²) >= 11 is 0. The van der Waals surface area contributed by atoms with E-state index >= 15 is 0 Å². The molecular formula is C17H24O3. The van der Waals surface area contributed by atoms with E-state index in [1.165, 1.54) is 6.42 Å². The van der Waals surface area contributed by atoms with E-state index in [0.717, 1.165) is 25.7 Å². The second-order valence-electron chi connectivity index (χ2n) is 6.22. The number of rotatable bonds is 3. The molecule has 0 aromatic rings. The Kier molecular flexibility index (Phi) is 4.19. The van der Waals surface area contributed by atoms with Gasteiger partial charge >= 0.3 is 5.97 Å². The fourth-order valence-corrected chi connectivity index (χ4v) is 2.59. The van der Waals surface area contributed by atoms with E-state index in [1.54, 1.807) is 31.2 Å². The predicted molar refractivity (Wildman–Crippen MR) is 79.1 cm³/mol. The van der Waals surface area contributed by atoms with Crippen molar-refractivity contribution in [3.05, 3.63) is 36.5 Å². The van der Waals surface area contributed by atoms with Crippen LogP contribution in [0, 0.1) is 5.41 Å². The summed E-state index contributed by atoms with van der Waals surface area (Å²) in [6.07, 6.45) is 12.2. The fourth-order valence-electron chi connectivity index (χ4n) is 2.59. The van der Waals surface area contributed by atoms with Crippen LogP contribution in [0.5, 0.6) is 0 Å². The highest BCUT2D eigenvalue weighted by Gasteiger charge is 2.37. The third-order valence-electron chi connectivity index (χ3n) is 4.32. The van der Waals surface area contributed by atoms with Crippen molar-refractivity contribution >= 4 is 5.97 Å². The topological polar surface area (TPSA) is 46.5 Å². The van der Waals surface area contributed by atoms with Crippen LogP contribution in [0.4, 0.5) is 0 Å². The SMILES string of the molecule is C=C(C)C1(O)C=CC(C)(C(=O)OC2CCCCC2)C=C1. The van der Waals surface area contributed by atoms with E-state index in [1.807, 2.05) is 6.92 Å². The Labute approximate surface area is 121 Å². The van der Waals surface area contributed by atoms with Gasteiger partial charge in [-0.1, -0.05) is 25.2 Å².